The van der Waals surface area contributed by atoms with Crippen molar-refractivity contribution in [2.45, 2.75) is 33.7 Å². The van der Waals surface area contributed by atoms with Crippen LogP contribution in [0.15, 0.2) is 0 Å². The first-order chi connectivity index (χ1) is 5.20. The van der Waals surface area contributed by atoms with Crippen LogP contribution < -0.4 is 5.32 Å². The van der Waals surface area contributed by atoms with Crippen LogP contribution in [0.1, 0.15) is 27.7 Å². The van der Waals surface area contributed by atoms with Gasteiger partial charge in [0.15, 0.2) is 0 Å². The van der Waals surface area contributed by atoms with E-state index in [-0.39, 0.29) is 12.1 Å². The maximum atomic E-state index is 10.4. The maximum Gasteiger partial charge on any atom is 0.407 e. The summed E-state index contributed by atoms with van der Waals surface area (Å²) < 4.78 is 4.68. The normalized spacial score (nSPS) is 21.9. The zero-order valence-electron chi connectivity index (χ0n) is 7.68. The first-order valence-electron chi connectivity index (χ1n) is 4.13. The third kappa shape index (κ3) is 3.25. The molecule has 0 aromatic heterocycles. The Balaban J connectivity index is 0.000000461. The Morgan fingerprint density at radius 3 is 2.27 bits per heavy atom. The van der Waals surface area contributed by atoms with Crippen molar-refractivity contribution in [3.8, 4) is 0 Å². The lowest BCUT2D eigenvalue weighted by molar-refractivity contribution is 0.175. The van der Waals surface area contributed by atoms with Crippen LogP contribution in [0, 0.1) is 5.92 Å². The van der Waals surface area contributed by atoms with E-state index in [9.17, 15) is 4.79 Å². The van der Waals surface area contributed by atoms with Crippen LogP contribution in [-0.2, 0) is 4.74 Å². The van der Waals surface area contributed by atoms with Crippen LogP contribution in [0.5, 0.6) is 0 Å². The van der Waals surface area contributed by atoms with Crippen molar-refractivity contribution in [2.24, 2.45) is 5.92 Å². The van der Waals surface area contributed by atoms with Crippen LogP contribution in [0.2, 0.25) is 0 Å². The minimum atomic E-state index is -0.284. The van der Waals surface area contributed by atoms with Gasteiger partial charge in [0.2, 0.25) is 0 Å². The van der Waals surface area contributed by atoms with Gasteiger partial charge >= 0.3 is 6.09 Å². The molecule has 3 heteroatoms. The fraction of sp³-hybridized carbons (Fsp3) is 0.875. The Labute approximate surface area is 68.1 Å². The topological polar surface area (TPSA) is 38.3 Å². The highest BCUT2D eigenvalue weighted by Crippen LogP contribution is 2.07. The highest BCUT2D eigenvalue weighted by atomic mass is 16.6. The summed E-state index contributed by atoms with van der Waals surface area (Å²) in [5, 5.41) is 2.69. The van der Waals surface area contributed by atoms with Crippen molar-refractivity contribution in [1.82, 2.24) is 5.32 Å². The first-order valence-corrected chi connectivity index (χ1v) is 4.13. The Bertz CT molecular complexity index is 123. The minimum absolute atomic E-state index is 0.220. The summed E-state index contributed by atoms with van der Waals surface area (Å²) in [6, 6.07) is 0.220. The summed E-state index contributed by atoms with van der Waals surface area (Å²) in [4.78, 5) is 10.4. The van der Waals surface area contributed by atoms with E-state index in [0.29, 0.717) is 12.5 Å². The van der Waals surface area contributed by atoms with E-state index < -0.39 is 0 Å². The zero-order chi connectivity index (χ0) is 8.85. The van der Waals surface area contributed by atoms with Crippen molar-refractivity contribution < 1.29 is 9.53 Å². The van der Waals surface area contributed by atoms with Gasteiger partial charge in [-0.25, -0.2) is 4.79 Å². The molecule has 11 heavy (non-hydrogen) atoms. The molecule has 0 unspecified atom stereocenters. The fourth-order valence-electron chi connectivity index (χ4n) is 0.759. The number of amides is 1. The standard InChI is InChI=1S/C6H11NO2.C2H6/c1-4(2)5-3-9-6(8)7-5;1-2/h4-5H,3H2,1-2H3,(H,7,8);1-2H3/t5-;/m1./s1. The van der Waals surface area contributed by atoms with Crippen molar-refractivity contribution in [3.05, 3.63) is 0 Å². The molecular weight excluding hydrogens is 142 g/mol. The second kappa shape index (κ2) is 4.99. The number of alkyl carbamates (subject to hydrolysis) is 1. The highest BCUT2D eigenvalue weighted by Gasteiger charge is 2.24. The van der Waals surface area contributed by atoms with Gasteiger partial charge in [0.1, 0.15) is 6.61 Å². The van der Waals surface area contributed by atoms with Crippen molar-refractivity contribution in [3.63, 3.8) is 0 Å². The molecule has 1 fully saturated rings. The molecule has 3 nitrogen and oxygen atoms in total. The maximum absolute atomic E-state index is 10.4. The summed E-state index contributed by atoms with van der Waals surface area (Å²) in [6.45, 7) is 8.63. The number of carbonyl (C=O) groups is 1. The van der Waals surface area contributed by atoms with Gasteiger partial charge in [-0.3, -0.25) is 0 Å². The van der Waals surface area contributed by atoms with Gasteiger partial charge in [0, 0.05) is 0 Å². The third-order valence-electron chi connectivity index (χ3n) is 1.50. The molecule has 1 atom stereocenters. The minimum Gasteiger partial charge on any atom is -0.447 e. The van der Waals surface area contributed by atoms with Crippen LogP contribution in [0.4, 0.5) is 4.79 Å². The molecule has 1 rings (SSSR count). The lowest BCUT2D eigenvalue weighted by Gasteiger charge is -2.09. The van der Waals surface area contributed by atoms with Gasteiger partial charge in [-0.2, -0.15) is 0 Å². The average Bonchev–Trinajstić information content (AvgIpc) is 2.40. The molecular formula is C8H17NO2. The number of hydrogen-bond donors (Lipinski definition) is 1. The number of carbonyl (C=O) groups excluding carboxylic acids is 1. The lowest BCUT2D eigenvalue weighted by Crippen LogP contribution is -2.30. The van der Waals surface area contributed by atoms with E-state index in [1.54, 1.807) is 0 Å². The van der Waals surface area contributed by atoms with Gasteiger partial charge < -0.3 is 10.1 Å². The Hall–Kier alpha value is -0.730. The number of rotatable bonds is 1. The molecule has 1 aliphatic heterocycles. The Morgan fingerprint density at radius 1 is 1.55 bits per heavy atom. The van der Waals surface area contributed by atoms with E-state index in [1.165, 1.54) is 0 Å². The second-order valence-electron chi connectivity index (χ2n) is 2.59. The van der Waals surface area contributed by atoms with Gasteiger partial charge in [-0.1, -0.05) is 27.7 Å². The van der Waals surface area contributed by atoms with Crippen molar-refractivity contribution >= 4 is 6.09 Å². The van der Waals surface area contributed by atoms with E-state index in [1.807, 2.05) is 13.8 Å². The monoisotopic (exact) mass is 159 g/mol. The van der Waals surface area contributed by atoms with Crippen LogP contribution in [0.25, 0.3) is 0 Å². The van der Waals surface area contributed by atoms with Crippen molar-refractivity contribution in [1.29, 1.82) is 0 Å². The molecule has 0 aliphatic carbocycles. The predicted octanol–water partition coefficient (Wildman–Crippen LogP) is 1.78. The number of hydrogen-bond acceptors (Lipinski definition) is 2. The van der Waals surface area contributed by atoms with E-state index >= 15 is 0 Å². The average molecular weight is 159 g/mol. The molecule has 0 aromatic rings. The molecule has 0 spiro atoms. The molecule has 0 aromatic carbocycles. The van der Waals surface area contributed by atoms with Gasteiger partial charge in [0.25, 0.3) is 0 Å². The molecule has 66 valence electrons. The number of nitrogens with one attached hydrogen (secondary N) is 1. The summed E-state index contributed by atoms with van der Waals surface area (Å²) in [5.41, 5.74) is 0. The molecule has 0 radical (unpaired) electrons. The molecule has 1 heterocycles. The molecule has 0 saturated carbocycles. The zero-order valence-corrected chi connectivity index (χ0v) is 7.68. The van der Waals surface area contributed by atoms with E-state index in [0.717, 1.165) is 0 Å². The Morgan fingerprint density at radius 2 is 2.09 bits per heavy atom. The smallest absolute Gasteiger partial charge is 0.407 e. The van der Waals surface area contributed by atoms with Crippen LogP contribution >= 0.6 is 0 Å². The SMILES string of the molecule is CC.CC(C)[C@H]1COC(=O)N1. The van der Waals surface area contributed by atoms with E-state index in [2.05, 4.69) is 23.9 Å². The molecule has 0 bridgehead atoms. The summed E-state index contributed by atoms with van der Waals surface area (Å²) in [6.07, 6.45) is -0.284. The molecule has 1 aliphatic rings. The largest absolute Gasteiger partial charge is 0.447 e. The first kappa shape index (κ1) is 10.3. The highest BCUT2D eigenvalue weighted by molar-refractivity contribution is 5.69. The molecule has 1 saturated heterocycles. The summed E-state index contributed by atoms with van der Waals surface area (Å²) in [7, 11) is 0. The van der Waals surface area contributed by atoms with Gasteiger partial charge in [-0.05, 0) is 5.92 Å². The summed E-state index contributed by atoms with van der Waals surface area (Å²) >= 11 is 0. The predicted molar refractivity (Wildman–Crippen MR) is 44.5 cm³/mol. The third-order valence-corrected chi connectivity index (χ3v) is 1.50. The van der Waals surface area contributed by atoms with Crippen LogP contribution in [-0.4, -0.2) is 18.7 Å². The number of ether oxygens (including phenoxy) is 1. The molecule has 1 N–H and O–H groups in total. The van der Waals surface area contributed by atoms with Crippen molar-refractivity contribution in [2.75, 3.05) is 6.61 Å². The van der Waals surface area contributed by atoms with Gasteiger partial charge in [-0.15, -0.1) is 0 Å². The quantitative estimate of drug-likeness (QED) is 0.633. The Kier molecular flexibility index (Phi) is 4.66. The van der Waals surface area contributed by atoms with Gasteiger partial charge in [0.05, 0.1) is 6.04 Å². The lowest BCUT2D eigenvalue weighted by atomic mass is 10.1. The fourth-order valence-corrected chi connectivity index (χ4v) is 0.759. The molecule has 1 amide bonds. The van der Waals surface area contributed by atoms with E-state index in [4.69, 9.17) is 0 Å². The van der Waals surface area contributed by atoms with Crippen LogP contribution in [0.3, 0.4) is 0 Å². The number of cyclic esters (lactones) is 1. The second-order valence-corrected chi connectivity index (χ2v) is 2.59. The summed E-state index contributed by atoms with van der Waals surface area (Å²) in [5.74, 6) is 0.469.